The summed E-state index contributed by atoms with van der Waals surface area (Å²) in [6.07, 6.45) is 9.07. The lowest BCUT2D eigenvalue weighted by molar-refractivity contribution is 0.230. The second-order valence-electron chi connectivity index (χ2n) is 7.69. The minimum atomic E-state index is -3.43. The van der Waals surface area contributed by atoms with E-state index in [2.05, 4.69) is 23.2 Å². The van der Waals surface area contributed by atoms with Crippen LogP contribution in [0.15, 0.2) is 41.8 Å². The summed E-state index contributed by atoms with van der Waals surface area (Å²) in [5, 5.41) is 0. The molecular weight excluding hydrogens is 380 g/mol. The highest BCUT2D eigenvalue weighted by molar-refractivity contribution is 7.89. The van der Waals surface area contributed by atoms with Crippen LogP contribution in [0.25, 0.3) is 0 Å². The van der Waals surface area contributed by atoms with Crippen molar-refractivity contribution in [2.75, 3.05) is 26.7 Å². The minimum Gasteiger partial charge on any atom is -0.303 e. The van der Waals surface area contributed by atoms with Gasteiger partial charge in [-0.2, -0.15) is 0 Å². The quantitative estimate of drug-likeness (QED) is 0.432. The number of benzene rings is 1. The lowest BCUT2D eigenvalue weighted by atomic mass is 9.79. The Morgan fingerprint density at radius 1 is 1.15 bits per heavy atom. The Balaban J connectivity index is 1.68. The minimum absolute atomic E-state index is 0.309. The average Bonchev–Trinajstić information content (AvgIpc) is 2.67. The van der Waals surface area contributed by atoms with E-state index in [0.717, 1.165) is 31.0 Å². The maximum Gasteiger partial charge on any atom is 0.240 e. The van der Waals surface area contributed by atoms with Gasteiger partial charge in [0, 0.05) is 19.0 Å². The number of hydrogen-bond acceptors (Lipinski definition) is 3. The maximum atomic E-state index is 12.4. The Kier molecular flexibility index (Phi) is 9.30. The molecule has 1 fully saturated rings. The second kappa shape index (κ2) is 11.2. The monoisotopic (exact) mass is 412 g/mol. The van der Waals surface area contributed by atoms with Crippen LogP contribution in [0.4, 0.5) is 0 Å². The number of alkyl halides is 1. The van der Waals surface area contributed by atoms with Crippen LogP contribution in [0, 0.1) is 11.8 Å². The molecule has 0 bridgehead atoms. The standard InChI is InChI=1S/C21H33ClN2O2S/c1-3-15-24(2)16-13-19-6-4-18(5-7-19)12-14-23-27(25,26)21-10-8-20(17-22)9-11-21/h3,8-11,18-19,23H,1,4-7,12-17H2,2H3. The van der Waals surface area contributed by atoms with Gasteiger partial charge in [0.1, 0.15) is 0 Å². The largest absolute Gasteiger partial charge is 0.303 e. The number of nitrogens with zero attached hydrogens (tertiary/aromatic N) is 1. The molecule has 1 saturated carbocycles. The Morgan fingerprint density at radius 2 is 1.74 bits per heavy atom. The first kappa shape index (κ1) is 22.4. The maximum absolute atomic E-state index is 12.4. The number of sulfonamides is 1. The third kappa shape index (κ3) is 7.57. The van der Waals surface area contributed by atoms with Gasteiger partial charge in [-0.15, -0.1) is 18.2 Å². The molecule has 0 spiro atoms. The van der Waals surface area contributed by atoms with Gasteiger partial charge in [-0.3, -0.25) is 0 Å². The van der Waals surface area contributed by atoms with Crippen molar-refractivity contribution in [2.45, 2.75) is 49.3 Å². The molecular formula is C21H33ClN2O2S. The topological polar surface area (TPSA) is 49.4 Å². The SMILES string of the molecule is C=CCN(C)CCC1CCC(CCNS(=O)(=O)c2ccc(CCl)cc2)CC1. The summed E-state index contributed by atoms with van der Waals surface area (Å²) in [5.41, 5.74) is 0.920. The number of nitrogens with one attached hydrogen (secondary N) is 1. The third-order valence-corrected chi connectivity index (χ3v) is 7.34. The van der Waals surface area contributed by atoms with E-state index < -0.39 is 10.0 Å². The molecule has 0 aliphatic heterocycles. The summed E-state index contributed by atoms with van der Waals surface area (Å²) in [4.78, 5) is 2.62. The molecule has 0 atom stereocenters. The Hall–Kier alpha value is -0.880. The molecule has 1 aliphatic rings. The molecule has 0 aromatic heterocycles. The van der Waals surface area contributed by atoms with Gasteiger partial charge in [-0.25, -0.2) is 13.1 Å². The van der Waals surface area contributed by atoms with Gasteiger partial charge in [0.05, 0.1) is 4.90 Å². The molecule has 2 rings (SSSR count). The van der Waals surface area contributed by atoms with E-state index >= 15 is 0 Å². The first-order valence-electron chi connectivity index (χ1n) is 9.88. The van der Waals surface area contributed by atoms with Gasteiger partial charge in [-0.1, -0.05) is 43.9 Å². The zero-order valence-electron chi connectivity index (χ0n) is 16.4. The van der Waals surface area contributed by atoms with Crippen LogP contribution < -0.4 is 4.72 Å². The van der Waals surface area contributed by atoms with E-state index in [-0.39, 0.29) is 0 Å². The van der Waals surface area contributed by atoms with E-state index in [9.17, 15) is 8.42 Å². The second-order valence-corrected chi connectivity index (χ2v) is 9.72. The Morgan fingerprint density at radius 3 is 2.30 bits per heavy atom. The van der Waals surface area contributed by atoms with Gasteiger partial charge in [0.2, 0.25) is 10.0 Å². The predicted octanol–water partition coefficient (Wildman–Crippen LogP) is 4.41. The van der Waals surface area contributed by atoms with Crippen molar-refractivity contribution in [1.82, 2.24) is 9.62 Å². The lowest BCUT2D eigenvalue weighted by Gasteiger charge is -2.29. The molecule has 0 saturated heterocycles. The van der Waals surface area contributed by atoms with Crippen LogP contribution in [0.5, 0.6) is 0 Å². The zero-order valence-corrected chi connectivity index (χ0v) is 17.9. The number of halogens is 1. The van der Waals surface area contributed by atoms with E-state index in [4.69, 9.17) is 11.6 Å². The molecule has 1 aromatic carbocycles. The fourth-order valence-electron chi connectivity index (χ4n) is 3.76. The van der Waals surface area contributed by atoms with Crippen LogP contribution in [-0.2, 0) is 15.9 Å². The summed E-state index contributed by atoms with van der Waals surface area (Å²) in [6, 6.07) is 6.76. The summed E-state index contributed by atoms with van der Waals surface area (Å²) in [6.45, 7) is 6.37. The van der Waals surface area contributed by atoms with Gasteiger partial charge in [0.25, 0.3) is 0 Å². The highest BCUT2D eigenvalue weighted by atomic mass is 35.5. The van der Waals surface area contributed by atoms with E-state index in [0.29, 0.717) is 23.2 Å². The van der Waals surface area contributed by atoms with Crippen molar-refractivity contribution in [1.29, 1.82) is 0 Å². The third-order valence-electron chi connectivity index (χ3n) is 5.56. The van der Waals surface area contributed by atoms with Crippen molar-refractivity contribution >= 4 is 21.6 Å². The van der Waals surface area contributed by atoms with Crippen LogP contribution in [0.2, 0.25) is 0 Å². The Bertz CT molecular complexity index is 668. The molecule has 6 heteroatoms. The van der Waals surface area contributed by atoms with Gasteiger partial charge in [0.15, 0.2) is 0 Å². The number of rotatable bonds is 11. The fraction of sp³-hybridized carbons (Fsp3) is 0.619. The molecule has 4 nitrogen and oxygen atoms in total. The van der Waals surface area contributed by atoms with Crippen molar-refractivity contribution in [3.05, 3.63) is 42.5 Å². The molecule has 27 heavy (non-hydrogen) atoms. The normalized spacial score (nSPS) is 20.7. The number of likely N-dealkylation sites (N-methyl/N-ethyl adjacent to an activating group) is 1. The van der Waals surface area contributed by atoms with Crippen molar-refractivity contribution < 1.29 is 8.42 Å². The van der Waals surface area contributed by atoms with Gasteiger partial charge in [-0.05, 0) is 56.0 Å². The molecule has 0 unspecified atom stereocenters. The number of hydrogen-bond donors (Lipinski definition) is 1. The fourth-order valence-corrected chi connectivity index (χ4v) is 4.99. The molecule has 0 heterocycles. The van der Waals surface area contributed by atoms with E-state index in [1.807, 2.05) is 6.08 Å². The first-order chi connectivity index (χ1) is 12.9. The summed E-state index contributed by atoms with van der Waals surface area (Å²) in [7, 11) is -1.29. The summed E-state index contributed by atoms with van der Waals surface area (Å²) in [5.74, 6) is 1.83. The molecule has 0 radical (unpaired) electrons. The van der Waals surface area contributed by atoms with Crippen LogP contribution >= 0.6 is 11.6 Å². The molecule has 1 aliphatic carbocycles. The van der Waals surface area contributed by atoms with Crippen molar-refractivity contribution in [3.8, 4) is 0 Å². The lowest BCUT2D eigenvalue weighted by Crippen LogP contribution is -2.28. The van der Waals surface area contributed by atoms with E-state index in [1.54, 1.807) is 24.3 Å². The summed E-state index contributed by atoms with van der Waals surface area (Å²) < 4.78 is 27.5. The van der Waals surface area contributed by atoms with Crippen LogP contribution in [0.3, 0.4) is 0 Å². The van der Waals surface area contributed by atoms with Crippen LogP contribution in [-0.4, -0.2) is 40.0 Å². The molecule has 152 valence electrons. The highest BCUT2D eigenvalue weighted by Crippen LogP contribution is 2.32. The molecule has 0 amide bonds. The highest BCUT2D eigenvalue weighted by Gasteiger charge is 2.22. The zero-order chi connectivity index (χ0) is 19.7. The predicted molar refractivity (Wildman–Crippen MR) is 114 cm³/mol. The molecule has 1 aromatic rings. The molecule has 1 N–H and O–H groups in total. The first-order valence-corrected chi connectivity index (χ1v) is 11.9. The van der Waals surface area contributed by atoms with E-state index in [1.165, 1.54) is 32.1 Å². The van der Waals surface area contributed by atoms with Crippen molar-refractivity contribution in [3.63, 3.8) is 0 Å². The van der Waals surface area contributed by atoms with Crippen molar-refractivity contribution in [2.24, 2.45) is 11.8 Å². The van der Waals surface area contributed by atoms with Gasteiger partial charge < -0.3 is 4.90 Å². The Labute approximate surface area is 170 Å². The summed E-state index contributed by atoms with van der Waals surface area (Å²) >= 11 is 5.75. The average molecular weight is 413 g/mol. The van der Waals surface area contributed by atoms with Gasteiger partial charge >= 0.3 is 0 Å². The smallest absolute Gasteiger partial charge is 0.240 e. The van der Waals surface area contributed by atoms with Crippen LogP contribution in [0.1, 0.15) is 44.1 Å².